The van der Waals surface area contributed by atoms with Gasteiger partial charge in [-0.1, -0.05) is 34.3 Å². The number of hydrogen-bond acceptors (Lipinski definition) is 3. The third-order valence-corrected chi connectivity index (χ3v) is 2.52. The fourth-order valence-electron chi connectivity index (χ4n) is 0.530. The lowest BCUT2D eigenvalue weighted by molar-refractivity contribution is 0.971. The van der Waals surface area contributed by atoms with E-state index in [1.165, 1.54) is 0 Å². The van der Waals surface area contributed by atoms with Crippen molar-refractivity contribution in [2.24, 2.45) is 0 Å². The zero-order valence-electron chi connectivity index (χ0n) is 6.09. The van der Waals surface area contributed by atoms with E-state index in [0.717, 1.165) is 21.2 Å². The fraction of sp³-hybridized carbons (Fsp3) is 0.333. The van der Waals surface area contributed by atoms with Crippen molar-refractivity contribution in [3.05, 3.63) is 16.9 Å². The molecule has 1 rings (SSSR count). The van der Waals surface area contributed by atoms with Crippen LogP contribution in [0.4, 0.5) is 0 Å². The molecule has 1 heterocycles. The van der Waals surface area contributed by atoms with E-state index in [1.807, 2.05) is 6.92 Å². The first-order valence-electron chi connectivity index (χ1n) is 3.03. The number of halogens is 1. The second-order valence-corrected chi connectivity index (χ2v) is 4.07. The molecule has 0 unspecified atom stereocenters. The molecule has 1 N–H and O–H groups in total. The number of aryl methyl sites for hydroxylation is 1. The van der Waals surface area contributed by atoms with Gasteiger partial charge >= 0.3 is 0 Å². The fourth-order valence-corrected chi connectivity index (χ4v) is 1.47. The van der Waals surface area contributed by atoms with Gasteiger partial charge in [-0.3, -0.25) is 5.10 Å². The number of hydrogen-bond donors (Lipinski definition) is 1. The van der Waals surface area contributed by atoms with Crippen LogP contribution in [0.3, 0.4) is 0 Å². The van der Waals surface area contributed by atoms with Crippen molar-refractivity contribution >= 4 is 27.7 Å². The van der Waals surface area contributed by atoms with Crippen LogP contribution in [0.1, 0.15) is 5.82 Å². The summed E-state index contributed by atoms with van der Waals surface area (Å²) < 4.78 is 0.949. The van der Waals surface area contributed by atoms with Crippen LogP contribution < -0.4 is 0 Å². The topological polar surface area (TPSA) is 41.6 Å². The van der Waals surface area contributed by atoms with Gasteiger partial charge in [0.05, 0.1) is 0 Å². The van der Waals surface area contributed by atoms with Gasteiger partial charge in [0, 0.05) is 5.75 Å². The van der Waals surface area contributed by atoms with E-state index in [0.29, 0.717) is 0 Å². The summed E-state index contributed by atoms with van der Waals surface area (Å²) in [7, 11) is 0. The van der Waals surface area contributed by atoms with Crippen molar-refractivity contribution in [1.29, 1.82) is 0 Å². The lowest BCUT2D eigenvalue weighted by Crippen LogP contribution is -1.78. The molecule has 3 nitrogen and oxygen atoms in total. The molecule has 0 aromatic carbocycles. The Balaban J connectivity index is 2.45. The molecule has 1 aromatic rings. The van der Waals surface area contributed by atoms with Crippen molar-refractivity contribution in [3.63, 3.8) is 0 Å². The third kappa shape index (κ3) is 3.07. The minimum Gasteiger partial charge on any atom is -0.262 e. The predicted molar refractivity (Wildman–Crippen MR) is 49.9 cm³/mol. The van der Waals surface area contributed by atoms with E-state index in [1.54, 1.807) is 11.8 Å². The summed E-state index contributed by atoms with van der Waals surface area (Å²) in [6.45, 7) is 5.58. The maximum atomic E-state index is 4.12. The second-order valence-electron chi connectivity index (χ2n) is 2.01. The van der Waals surface area contributed by atoms with Gasteiger partial charge in [0.25, 0.3) is 0 Å². The quantitative estimate of drug-likeness (QED) is 0.814. The van der Waals surface area contributed by atoms with Gasteiger partial charge in [-0.05, 0) is 11.4 Å². The second kappa shape index (κ2) is 3.92. The number of rotatable bonds is 3. The van der Waals surface area contributed by atoms with E-state index in [2.05, 4.69) is 37.7 Å². The van der Waals surface area contributed by atoms with Crippen LogP contribution >= 0.6 is 27.7 Å². The van der Waals surface area contributed by atoms with Gasteiger partial charge in [0.2, 0.25) is 5.16 Å². The zero-order chi connectivity index (χ0) is 8.27. The SMILES string of the molecule is C=C(Br)CSc1n[nH]c(C)n1. The number of aromatic amines is 1. The average molecular weight is 234 g/mol. The van der Waals surface area contributed by atoms with Gasteiger partial charge in [0.15, 0.2) is 0 Å². The Morgan fingerprint density at radius 1 is 1.82 bits per heavy atom. The molecule has 0 aliphatic heterocycles. The van der Waals surface area contributed by atoms with Gasteiger partial charge < -0.3 is 0 Å². The van der Waals surface area contributed by atoms with Gasteiger partial charge in [-0.25, -0.2) is 4.98 Å². The summed E-state index contributed by atoms with van der Waals surface area (Å²) >= 11 is 4.81. The van der Waals surface area contributed by atoms with Crippen LogP contribution in [0, 0.1) is 6.92 Å². The van der Waals surface area contributed by atoms with Crippen LogP contribution in [0.25, 0.3) is 0 Å². The Morgan fingerprint density at radius 2 is 2.55 bits per heavy atom. The van der Waals surface area contributed by atoms with Crippen molar-refractivity contribution in [3.8, 4) is 0 Å². The zero-order valence-corrected chi connectivity index (χ0v) is 8.50. The third-order valence-electron chi connectivity index (χ3n) is 0.935. The molecule has 0 fully saturated rings. The highest BCUT2D eigenvalue weighted by atomic mass is 79.9. The standard InChI is InChI=1S/C6H8BrN3S/c1-4(7)3-11-6-8-5(2)9-10-6/h1,3H2,2H3,(H,8,9,10). The first kappa shape index (κ1) is 8.80. The predicted octanol–water partition coefficient (Wildman–Crippen LogP) is 2.11. The Hall–Kier alpha value is -0.290. The molecule has 0 atom stereocenters. The van der Waals surface area contributed by atoms with Crippen molar-refractivity contribution < 1.29 is 0 Å². The van der Waals surface area contributed by atoms with E-state index in [9.17, 15) is 0 Å². The molecule has 11 heavy (non-hydrogen) atoms. The Labute approximate surface area is 77.8 Å². The first-order valence-corrected chi connectivity index (χ1v) is 4.81. The molecular formula is C6H8BrN3S. The van der Waals surface area contributed by atoms with Crippen molar-refractivity contribution in [2.45, 2.75) is 12.1 Å². The summed E-state index contributed by atoms with van der Waals surface area (Å²) in [5, 5.41) is 7.48. The molecule has 0 bridgehead atoms. The van der Waals surface area contributed by atoms with Crippen LogP contribution in [0.15, 0.2) is 16.2 Å². The highest BCUT2D eigenvalue weighted by Crippen LogP contribution is 2.17. The maximum absolute atomic E-state index is 4.12. The van der Waals surface area contributed by atoms with Crippen molar-refractivity contribution in [2.75, 3.05) is 5.75 Å². The summed E-state index contributed by atoms with van der Waals surface area (Å²) in [6.07, 6.45) is 0. The highest BCUT2D eigenvalue weighted by molar-refractivity contribution is 9.11. The average Bonchev–Trinajstić information content (AvgIpc) is 2.31. The van der Waals surface area contributed by atoms with E-state index >= 15 is 0 Å². The number of aromatic nitrogens is 3. The van der Waals surface area contributed by atoms with Gasteiger partial charge in [0.1, 0.15) is 5.82 Å². The van der Waals surface area contributed by atoms with Gasteiger partial charge in [-0.15, -0.1) is 5.10 Å². The minimum absolute atomic E-state index is 0.767. The molecule has 1 aromatic heterocycles. The number of nitrogens with zero attached hydrogens (tertiary/aromatic N) is 2. The molecule has 0 amide bonds. The lowest BCUT2D eigenvalue weighted by Gasteiger charge is -1.90. The molecule has 60 valence electrons. The molecule has 0 spiro atoms. The summed E-state index contributed by atoms with van der Waals surface area (Å²) in [5.41, 5.74) is 0. The molecule has 5 heteroatoms. The van der Waals surface area contributed by atoms with Crippen molar-refractivity contribution in [1.82, 2.24) is 15.2 Å². The monoisotopic (exact) mass is 233 g/mol. The van der Waals surface area contributed by atoms with E-state index < -0.39 is 0 Å². The minimum atomic E-state index is 0.767. The molecule has 0 aliphatic carbocycles. The van der Waals surface area contributed by atoms with Gasteiger partial charge in [-0.2, -0.15) is 0 Å². The highest BCUT2D eigenvalue weighted by Gasteiger charge is 1.99. The Kier molecular flexibility index (Phi) is 3.14. The number of H-pyrrole nitrogens is 1. The molecule has 0 radical (unpaired) electrons. The van der Waals surface area contributed by atoms with E-state index in [4.69, 9.17) is 0 Å². The molecular weight excluding hydrogens is 226 g/mol. The number of nitrogens with one attached hydrogen (secondary N) is 1. The number of thioether (sulfide) groups is 1. The molecule has 0 aliphatic rings. The van der Waals surface area contributed by atoms with E-state index in [-0.39, 0.29) is 0 Å². The lowest BCUT2D eigenvalue weighted by atomic mass is 10.8. The summed E-state index contributed by atoms with van der Waals surface area (Å²) in [6, 6.07) is 0. The Morgan fingerprint density at radius 3 is 3.00 bits per heavy atom. The summed E-state index contributed by atoms with van der Waals surface area (Å²) in [4.78, 5) is 4.12. The van der Waals surface area contributed by atoms with Crippen LogP contribution in [0.5, 0.6) is 0 Å². The molecule has 0 saturated carbocycles. The normalized spacial score (nSPS) is 10.0. The maximum Gasteiger partial charge on any atom is 0.208 e. The Bertz CT molecular complexity index is 258. The smallest absolute Gasteiger partial charge is 0.208 e. The first-order chi connectivity index (χ1) is 5.18. The largest absolute Gasteiger partial charge is 0.262 e. The molecule has 0 saturated heterocycles. The summed E-state index contributed by atoms with van der Waals surface area (Å²) in [5.74, 6) is 1.64. The van der Waals surface area contributed by atoms with Crippen LogP contribution in [-0.4, -0.2) is 20.9 Å². The van der Waals surface area contributed by atoms with Crippen LogP contribution in [0.2, 0.25) is 0 Å². The van der Waals surface area contributed by atoms with Crippen LogP contribution in [-0.2, 0) is 0 Å².